The van der Waals surface area contributed by atoms with Gasteiger partial charge >= 0.3 is 0 Å². The Hall–Kier alpha value is -0.610. The van der Waals surface area contributed by atoms with Gasteiger partial charge in [0.1, 0.15) is 0 Å². The maximum Gasteiger partial charge on any atom is 0.223 e. The number of carbonyl (C=O) groups excluding carboxylic acids is 1. The lowest BCUT2D eigenvalue weighted by Gasteiger charge is -2.36. The van der Waals surface area contributed by atoms with E-state index < -0.39 is 0 Å². The number of hydrogen-bond donors (Lipinski definition) is 0. The number of rotatable bonds is 4. The van der Waals surface area contributed by atoms with Crippen LogP contribution in [0.15, 0.2) is 0 Å². The first-order valence-electron chi connectivity index (χ1n) is 7.17. The summed E-state index contributed by atoms with van der Waals surface area (Å²) in [6.07, 6.45) is 7.11. The van der Waals surface area contributed by atoms with Crippen molar-refractivity contribution in [2.45, 2.75) is 44.6 Å². The fourth-order valence-corrected chi connectivity index (χ4v) is 3.07. The van der Waals surface area contributed by atoms with Crippen molar-refractivity contribution in [1.82, 2.24) is 4.90 Å². The van der Waals surface area contributed by atoms with Crippen molar-refractivity contribution in [1.29, 1.82) is 0 Å². The molecule has 2 fully saturated rings. The quantitative estimate of drug-likeness (QED) is 0.769. The topological polar surface area (TPSA) is 38.8 Å². The number of methoxy groups -OCH3 is 1. The molecule has 1 amide bonds. The fraction of sp³-hybridized carbons (Fsp3) is 0.929. The smallest absolute Gasteiger partial charge is 0.223 e. The largest absolute Gasteiger partial charge is 0.382 e. The average molecular weight is 255 g/mol. The van der Waals surface area contributed by atoms with Crippen molar-refractivity contribution in [2.75, 3.05) is 33.5 Å². The van der Waals surface area contributed by atoms with Crippen molar-refractivity contribution >= 4 is 5.91 Å². The number of morpholine rings is 1. The molecule has 0 aromatic carbocycles. The molecule has 2 aliphatic rings. The van der Waals surface area contributed by atoms with E-state index in [1.807, 2.05) is 4.90 Å². The van der Waals surface area contributed by atoms with Crippen LogP contribution in [0.25, 0.3) is 0 Å². The molecule has 1 atom stereocenters. The minimum atomic E-state index is 0.111. The van der Waals surface area contributed by atoms with Gasteiger partial charge in [-0.1, -0.05) is 19.3 Å². The summed E-state index contributed by atoms with van der Waals surface area (Å²) in [6.45, 7) is 2.58. The number of amides is 1. The van der Waals surface area contributed by atoms with Gasteiger partial charge in [-0.3, -0.25) is 4.79 Å². The van der Waals surface area contributed by atoms with Crippen LogP contribution in [-0.2, 0) is 14.3 Å². The van der Waals surface area contributed by atoms with Gasteiger partial charge in [0.05, 0.1) is 25.9 Å². The third-order valence-electron chi connectivity index (χ3n) is 4.09. The van der Waals surface area contributed by atoms with E-state index in [2.05, 4.69) is 0 Å². The van der Waals surface area contributed by atoms with Gasteiger partial charge in [0.2, 0.25) is 5.91 Å². The van der Waals surface area contributed by atoms with E-state index >= 15 is 0 Å². The number of nitrogens with zero attached hydrogens (tertiary/aromatic N) is 1. The average Bonchev–Trinajstić information content (AvgIpc) is 2.41. The lowest BCUT2D eigenvalue weighted by atomic mass is 9.86. The standard InChI is InChI=1S/C14H25NO3/c1-17-10-13-11-18-8-7-15(13)14(16)9-12-5-3-2-4-6-12/h12-13H,2-11H2,1H3. The summed E-state index contributed by atoms with van der Waals surface area (Å²) < 4.78 is 10.6. The molecule has 0 aromatic rings. The van der Waals surface area contributed by atoms with E-state index in [4.69, 9.17) is 9.47 Å². The van der Waals surface area contributed by atoms with E-state index in [-0.39, 0.29) is 6.04 Å². The Kier molecular flexibility index (Phi) is 5.45. The minimum Gasteiger partial charge on any atom is -0.382 e. The highest BCUT2D eigenvalue weighted by atomic mass is 16.5. The lowest BCUT2D eigenvalue weighted by Crippen LogP contribution is -2.51. The molecular formula is C14H25NO3. The van der Waals surface area contributed by atoms with E-state index in [9.17, 15) is 4.79 Å². The van der Waals surface area contributed by atoms with E-state index in [1.165, 1.54) is 32.1 Å². The first kappa shape index (κ1) is 13.8. The predicted octanol–water partition coefficient (Wildman–Crippen LogP) is 1.83. The second kappa shape index (κ2) is 7.10. The zero-order valence-corrected chi connectivity index (χ0v) is 11.4. The highest BCUT2D eigenvalue weighted by Gasteiger charge is 2.29. The van der Waals surface area contributed by atoms with Crippen molar-refractivity contribution < 1.29 is 14.3 Å². The SMILES string of the molecule is COCC1COCCN1C(=O)CC1CCCCC1. The molecule has 1 aliphatic carbocycles. The zero-order valence-electron chi connectivity index (χ0n) is 11.4. The second-order valence-electron chi connectivity index (χ2n) is 5.48. The van der Waals surface area contributed by atoms with Crippen LogP contribution in [0.2, 0.25) is 0 Å². The fourth-order valence-electron chi connectivity index (χ4n) is 3.07. The predicted molar refractivity (Wildman–Crippen MR) is 69.4 cm³/mol. The van der Waals surface area contributed by atoms with Crippen molar-refractivity contribution in [3.05, 3.63) is 0 Å². The first-order valence-corrected chi connectivity index (χ1v) is 7.17. The monoisotopic (exact) mass is 255 g/mol. The molecule has 0 spiro atoms. The zero-order chi connectivity index (χ0) is 12.8. The van der Waals surface area contributed by atoms with Gasteiger partial charge in [0.25, 0.3) is 0 Å². The number of ether oxygens (including phenoxy) is 2. The van der Waals surface area contributed by atoms with Gasteiger partial charge in [0, 0.05) is 20.1 Å². The van der Waals surface area contributed by atoms with Gasteiger partial charge < -0.3 is 14.4 Å². The van der Waals surface area contributed by atoms with Crippen molar-refractivity contribution in [3.8, 4) is 0 Å². The third kappa shape index (κ3) is 3.69. The molecule has 104 valence electrons. The lowest BCUT2D eigenvalue weighted by molar-refractivity contribution is -0.143. The molecule has 0 radical (unpaired) electrons. The van der Waals surface area contributed by atoms with Crippen molar-refractivity contribution in [2.24, 2.45) is 5.92 Å². The molecule has 18 heavy (non-hydrogen) atoms. The second-order valence-corrected chi connectivity index (χ2v) is 5.48. The Bertz CT molecular complexity index is 262. The summed E-state index contributed by atoms with van der Waals surface area (Å²) in [6, 6.07) is 0.111. The Morgan fingerprint density at radius 1 is 1.33 bits per heavy atom. The molecule has 0 N–H and O–H groups in total. The van der Waals surface area contributed by atoms with Gasteiger partial charge in [-0.25, -0.2) is 0 Å². The number of carbonyl (C=O) groups is 1. The summed E-state index contributed by atoms with van der Waals surface area (Å²) in [5, 5.41) is 0. The molecule has 1 aliphatic heterocycles. The van der Waals surface area contributed by atoms with Gasteiger partial charge in [-0.15, -0.1) is 0 Å². The Morgan fingerprint density at radius 3 is 2.83 bits per heavy atom. The van der Waals surface area contributed by atoms with Crippen LogP contribution in [0.5, 0.6) is 0 Å². The molecule has 2 rings (SSSR count). The van der Waals surface area contributed by atoms with Gasteiger partial charge in [-0.2, -0.15) is 0 Å². The highest BCUT2D eigenvalue weighted by molar-refractivity contribution is 5.77. The van der Waals surface area contributed by atoms with Crippen molar-refractivity contribution in [3.63, 3.8) is 0 Å². The van der Waals surface area contributed by atoms with Crippen LogP contribution in [0, 0.1) is 5.92 Å². The minimum absolute atomic E-state index is 0.111. The number of hydrogen-bond acceptors (Lipinski definition) is 3. The summed E-state index contributed by atoms with van der Waals surface area (Å²) in [5.74, 6) is 0.907. The van der Waals surface area contributed by atoms with Crippen LogP contribution in [0.4, 0.5) is 0 Å². The van der Waals surface area contributed by atoms with Crippen LogP contribution in [0.3, 0.4) is 0 Å². The third-order valence-corrected chi connectivity index (χ3v) is 4.09. The van der Waals surface area contributed by atoms with Crippen LogP contribution in [0.1, 0.15) is 38.5 Å². The highest BCUT2D eigenvalue weighted by Crippen LogP contribution is 2.27. The van der Waals surface area contributed by atoms with Crippen LogP contribution in [-0.4, -0.2) is 50.3 Å². The molecule has 1 saturated heterocycles. The van der Waals surface area contributed by atoms with E-state index in [1.54, 1.807) is 7.11 Å². The molecule has 4 nitrogen and oxygen atoms in total. The normalized spacial score (nSPS) is 26.3. The van der Waals surface area contributed by atoms with Gasteiger partial charge in [-0.05, 0) is 18.8 Å². The summed E-state index contributed by atoms with van der Waals surface area (Å²) in [4.78, 5) is 14.3. The Labute approximate surface area is 110 Å². The molecule has 1 heterocycles. The summed E-state index contributed by atoms with van der Waals surface area (Å²) in [5.41, 5.74) is 0. The Morgan fingerprint density at radius 2 is 2.11 bits per heavy atom. The molecule has 0 bridgehead atoms. The first-order chi connectivity index (χ1) is 8.81. The van der Waals surface area contributed by atoms with Crippen LogP contribution < -0.4 is 0 Å². The molecule has 1 saturated carbocycles. The van der Waals surface area contributed by atoms with Gasteiger partial charge in [0.15, 0.2) is 0 Å². The molecule has 4 heteroatoms. The summed E-state index contributed by atoms with van der Waals surface area (Å²) >= 11 is 0. The maximum absolute atomic E-state index is 12.4. The maximum atomic E-state index is 12.4. The van der Waals surface area contributed by atoms with E-state index in [0.717, 1.165) is 13.0 Å². The summed E-state index contributed by atoms with van der Waals surface area (Å²) in [7, 11) is 1.68. The molecular weight excluding hydrogens is 230 g/mol. The molecule has 1 unspecified atom stereocenters. The molecule has 0 aromatic heterocycles. The Balaban J connectivity index is 1.84. The van der Waals surface area contributed by atoms with Crippen LogP contribution >= 0.6 is 0 Å². The van der Waals surface area contributed by atoms with E-state index in [0.29, 0.717) is 31.6 Å².